The Kier molecular flexibility index (Phi) is 8.13. The first-order valence-corrected chi connectivity index (χ1v) is 12.8. The van der Waals surface area contributed by atoms with Gasteiger partial charge in [0.1, 0.15) is 42.7 Å². The van der Waals surface area contributed by atoms with Crippen molar-refractivity contribution in [3.05, 3.63) is 33.1 Å². The number of nitrogens with one attached hydrogen (secondary N) is 1. The molecule has 2 saturated heterocycles. The number of nitrogens with zero attached hydrogens (tertiary/aromatic N) is 1. The number of aliphatic hydroxyl groups excluding tert-OH is 5. The number of aromatic amines is 1. The summed E-state index contributed by atoms with van der Waals surface area (Å²) in [5.41, 5.74) is -1.78. The molecular formula is C15H24N2O17P2. The van der Waals surface area contributed by atoms with Crippen LogP contribution in [0.5, 0.6) is 0 Å². The standard InChI is InChI=1S/C15H24N2O17P2/c18-3-5(19)12-9(22)11(24)14(32-12)33-36(28,29)34-35(26,27)30-4-6-8(21)10(23)13(31-6)17-2-1-7(20)16-15(17)25/h1-2,5-6,8-14,18-19,21-24H,3-4H2,(H,26,27)(H,28,29)(H,16,20,25)/t5-,6-,8-,9-,10-,11-,12+,13-,14-/m1/s1/i3T2. The lowest BCUT2D eigenvalue weighted by Crippen LogP contribution is -2.40. The Labute approximate surface area is 202 Å². The van der Waals surface area contributed by atoms with Crippen LogP contribution < -0.4 is 11.2 Å². The zero-order chi connectivity index (χ0) is 28.8. The minimum Gasteiger partial charge on any atom is -0.394 e. The maximum Gasteiger partial charge on any atom is 0.483 e. The minimum atomic E-state index is -5.69. The van der Waals surface area contributed by atoms with Gasteiger partial charge in [-0.1, -0.05) is 0 Å². The first-order chi connectivity index (χ1) is 17.3. The van der Waals surface area contributed by atoms with Crippen LogP contribution in [0.25, 0.3) is 0 Å². The van der Waals surface area contributed by atoms with Crippen LogP contribution in [0, 0.1) is 0 Å². The Hall–Kier alpha value is -1.38. The Balaban J connectivity index is 1.60. The van der Waals surface area contributed by atoms with Crippen molar-refractivity contribution in [2.75, 3.05) is 13.2 Å². The highest BCUT2D eigenvalue weighted by atomic mass is 31.3. The topological polar surface area (TPSA) is 297 Å². The number of aliphatic hydroxyl groups is 6. The molecule has 36 heavy (non-hydrogen) atoms. The zero-order valence-electron chi connectivity index (χ0n) is 19.7. The monoisotopic (exact) mass is 570 g/mol. The van der Waals surface area contributed by atoms with E-state index in [1.807, 2.05) is 4.98 Å². The Morgan fingerprint density at radius 1 is 1.08 bits per heavy atom. The highest BCUT2D eigenvalue weighted by Crippen LogP contribution is 2.61. The number of ether oxygens (including phenoxy) is 2. The van der Waals surface area contributed by atoms with Gasteiger partial charge in [0.05, 0.1) is 15.9 Å². The van der Waals surface area contributed by atoms with Crippen molar-refractivity contribution in [3.63, 3.8) is 0 Å². The van der Waals surface area contributed by atoms with Crippen molar-refractivity contribution < 1.29 is 75.1 Å². The third-order valence-electron chi connectivity index (χ3n) is 5.01. The first-order valence-electron chi connectivity index (χ1n) is 10.8. The Bertz CT molecular complexity index is 1210. The molecule has 2 unspecified atom stereocenters. The van der Waals surface area contributed by atoms with E-state index < -0.39 is 95.3 Å². The van der Waals surface area contributed by atoms with Gasteiger partial charge in [0, 0.05) is 12.3 Å². The fourth-order valence-electron chi connectivity index (χ4n) is 3.29. The molecule has 2 fully saturated rings. The van der Waals surface area contributed by atoms with E-state index in [2.05, 4.69) is 13.4 Å². The van der Waals surface area contributed by atoms with Gasteiger partial charge in [0.15, 0.2) is 12.5 Å². The lowest BCUT2D eigenvalue weighted by molar-refractivity contribution is -0.144. The second-order valence-electron chi connectivity index (χ2n) is 7.51. The molecule has 2 aliphatic heterocycles. The predicted octanol–water partition coefficient (Wildman–Crippen LogP) is -4.79. The predicted molar refractivity (Wildman–Crippen MR) is 109 cm³/mol. The van der Waals surface area contributed by atoms with Crippen LogP contribution in [0.4, 0.5) is 0 Å². The average molecular weight is 570 g/mol. The van der Waals surface area contributed by atoms with Crippen LogP contribution in [-0.2, 0) is 32.0 Å². The molecule has 2 aliphatic rings. The lowest BCUT2D eigenvalue weighted by Gasteiger charge is -2.22. The minimum absolute atomic E-state index is 0.702. The van der Waals surface area contributed by atoms with E-state index in [1.165, 1.54) is 0 Å². The molecule has 1 aromatic heterocycles. The van der Waals surface area contributed by atoms with Crippen LogP contribution >= 0.6 is 15.6 Å². The van der Waals surface area contributed by atoms with E-state index in [-0.39, 0.29) is 0 Å². The zero-order valence-corrected chi connectivity index (χ0v) is 19.4. The highest BCUT2D eigenvalue weighted by Gasteiger charge is 2.51. The van der Waals surface area contributed by atoms with Crippen molar-refractivity contribution >= 4 is 15.6 Å². The smallest absolute Gasteiger partial charge is 0.394 e. The molecule has 0 spiro atoms. The number of phosphoric ester groups is 2. The molecule has 3 heterocycles. The molecule has 1 aromatic rings. The highest BCUT2D eigenvalue weighted by molar-refractivity contribution is 7.61. The molecule has 9 N–H and O–H groups in total. The van der Waals surface area contributed by atoms with Crippen molar-refractivity contribution in [1.29, 1.82) is 0 Å². The van der Waals surface area contributed by atoms with Crippen LogP contribution in [0.15, 0.2) is 21.9 Å². The van der Waals surface area contributed by atoms with E-state index in [0.29, 0.717) is 4.57 Å². The maximum atomic E-state index is 12.2. The molecular weight excluding hydrogens is 542 g/mol. The van der Waals surface area contributed by atoms with Crippen molar-refractivity contribution in [3.8, 4) is 0 Å². The molecule has 3 rings (SSSR count). The van der Waals surface area contributed by atoms with Gasteiger partial charge in [-0.3, -0.25) is 23.4 Å². The molecule has 21 heteroatoms. The fraction of sp³-hybridized carbons (Fsp3) is 0.733. The summed E-state index contributed by atoms with van der Waals surface area (Å²) in [6.45, 7) is -4.40. The van der Waals surface area contributed by atoms with Gasteiger partial charge in [-0.25, -0.2) is 13.9 Å². The summed E-state index contributed by atoms with van der Waals surface area (Å²) in [5, 5.41) is 58.9. The molecule has 0 aromatic carbocycles. The largest absolute Gasteiger partial charge is 0.483 e. The number of hydrogen-bond donors (Lipinski definition) is 9. The Morgan fingerprint density at radius 2 is 1.75 bits per heavy atom. The van der Waals surface area contributed by atoms with Gasteiger partial charge in [0.2, 0.25) is 0 Å². The van der Waals surface area contributed by atoms with E-state index in [1.54, 1.807) is 0 Å². The van der Waals surface area contributed by atoms with Gasteiger partial charge in [0.25, 0.3) is 5.56 Å². The Morgan fingerprint density at radius 3 is 2.36 bits per heavy atom. The van der Waals surface area contributed by atoms with E-state index in [0.717, 1.165) is 12.3 Å². The fourth-order valence-corrected chi connectivity index (χ4v) is 5.45. The quantitative estimate of drug-likeness (QED) is 0.119. The molecule has 0 aliphatic carbocycles. The maximum absolute atomic E-state index is 12.2. The third kappa shape index (κ3) is 6.54. The number of aromatic nitrogens is 2. The summed E-state index contributed by atoms with van der Waals surface area (Å²) in [4.78, 5) is 44.5. The van der Waals surface area contributed by atoms with Gasteiger partial charge >= 0.3 is 21.3 Å². The molecule has 206 valence electrons. The summed E-state index contributed by atoms with van der Waals surface area (Å²) in [5.74, 6) is 0. The van der Waals surface area contributed by atoms with Crippen LogP contribution in [-0.4, -0.2) is 112 Å². The van der Waals surface area contributed by atoms with E-state index in [9.17, 15) is 59.1 Å². The third-order valence-corrected chi connectivity index (χ3v) is 7.61. The van der Waals surface area contributed by atoms with Gasteiger partial charge in [-0.15, -0.1) is 0 Å². The summed E-state index contributed by atoms with van der Waals surface area (Å²) < 4.78 is 61.9. The number of hydrogen-bond acceptors (Lipinski definition) is 15. The normalized spacial score (nSPS) is 38.1. The lowest BCUT2D eigenvalue weighted by atomic mass is 10.1. The molecule has 11 atom stereocenters. The number of phosphoric acid groups is 2. The summed E-state index contributed by atoms with van der Waals surface area (Å²) in [7, 11) is -11.2. The summed E-state index contributed by atoms with van der Waals surface area (Å²) in [6.07, 6.45) is -17.1. The number of rotatable bonds is 10. The van der Waals surface area contributed by atoms with Crippen molar-refractivity contribution in [2.45, 2.75) is 55.2 Å². The molecule has 0 bridgehead atoms. The van der Waals surface area contributed by atoms with Gasteiger partial charge in [-0.05, 0) is 0 Å². The molecule has 0 saturated carbocycles. The van der Waals surface area contributed by atoms with Gasteiger partial charge in [-0.2, -0.15) is 4.31 Å². The SMILES string of the molecule is [3H]C([3H])(O)[C@@H](O)[C@@H]1O[C@H](OP(=O)(O)OP(=O)(O)OC[C@H]2O[C@@H](n3ccc(=O)[nH]c3=O)[C@H](O)[C@@H]2O)[C@H](O)[C@H]1O. The van der Waals surface area contributed by atoms with Crippen LogP contribution in [0.1, 0.15) is 8.97 Å². The molecule has 19 nitrogen and oxygen atoms in total. The van der Waals surface area contributed by atoms with Crippen LogP contribution in [0.2, 0.25) is 0 Å². The first kappa shape index (κ1) is 26.2. The van der Waals surface area contributed by atoms with Crippen molar-refractivity contribution in [1.82, 2.24) is 9.55 Å². The number of H-pyrrole nitrogens is 1. The van der Waals surface area contributed by atoms with Gasteiger partial charge < -0.3 is 49.9 Å². The second-order valence-corrected chi connectivity index (χ2v) is 10.5. The summed E-state index contributed by atoms with van der Waals surface area (Å²) in [6, 6.07) is 0.912. The van der Waals surface area contributed by atoms with E-state index in [4.69, 9.17) is 12.2 Å². The second kappa shape index (κ2) is 11.2. The molecule has 0 radical (unpaired) electrons. The van der Waals surface area contributed by atoms with E-state index >= 15 is 0 Å². The van der Waals surface area contributed by atoms with Crippen molar-refractivity contribution in [2.24, 2.45) is 0 Å². The summed E-state index contributed by atoms with van der Waals surface area (Å²) >= 11 is 0. The van der Waals surface area contributed by atoms with Crippen LogP contribution in [0.3, 0.4) is 0 Å². The molecule has 0 amide bonds. The average Bonchev–Trinajstić information content (AvgIpc) is 3.20.